The maximum absolute atomic E-state index is 5.67. The lowest BCUT2D eigenvalue weighted by Gasteiger charge is -2.14. The Balaban J connectivity index is 2.36. The van der Waals surface area contributed by atoms with Crippen molar-refractivity contribution in [2.75, 3.05) is 11.2 Å². The molecule has 1 atom stereocenters. The van der Waals surface area contributed by atoms with E-state index in [1.807, 2.05) is 4.68 Å². The van der Waals surface area contributed by atoms with Gasteiger partial charge in [0, 0.05) is 0 Å². The summed E-state index contributed by atoms with van der Waals surface area (Å²) in [5.41, 5.74) is 12.5. The molecule has 1 aliphatic rings. The van der Waals surface area contributed by atoms with Crippen LogP contribution in [-0.2, 0) is 0 Å². The summed E-state index contributed by atoms with van der Waals surface area (Å²) in [5.74, 6) is 1.35. The number of fused-ring (bicyclic) bond motifs is 1. The molecule has 0 aromatic carbocycles. The lowest BCUT2D eigenvalue weighted by Crippen LogP contribution is -2.26. The molecule has 0 fully saturated rings. The summed E-state index contributed by atoms with van der Waals surface area (Å²) < 4.78 is 1.88. The molecule has 0 radical (unpaired) electrons. The monoisotopic (exact) mass is 167 g/mol. The van der Waals surface area contributed by atoms with Gasteiger partial charge < -0.3 is 11.2 Å². The number of nitrogens with one attached hydrogen (secondary N) is 2. The first-order valence-corrected chi connectivity index (χ1v) is 4.04. The number of rotatable bonds is 1. The predicted octanol–water partition coefficient (Wildman–Crippen LogP) is 0.550. The van der Waals surface area contributed by atoms with Crippen LogP contribution < -0.4 is 16.6 Å². The lowest BCUT2D eigenvalue weighted by atomic mass is 10.2. The van der Waals surface area contributed by atoms with Gasteiger partial charge in [-0.15, -0.1) is 0 Å². The predicted molar refractivity (Wildman–Crippen MR) is 47.3 cm³/mol. The van der Waals surface area contributed by atoms with Gasteiger partial charge in [-0.3, -0.25) is 0 Å². The summed E-state index contributed by atoms with van der Waals surface area (Å²) in [6.07, 6.45) is 1.87. The number of nitrogen functional groups attached to an aromatic ring is 1. The molecule has 4 N–H and O–H groups in total. The van der Waals surface area contributed by atoms with Crippen molar-refractivity contribution in [1.29, 1.82) is 0 Å². The molecule has 5 nitrogen and oxygen atoms in total. The van der Waals surface area contributed by atoms with Gasteiger partial charge in [0.15, 0.2) is 5.82 Å². The Hall–Kier alpha value is -1.23. The smallest absolute Gasteiger partial charge is 0.163 e. The first-order chi connectivity index (χ1) is 5.70. The Labute approximate surface area is 70.9 Å². The van der Waals surface area contributed by atoms with Gasteiger partial charge >= 0.3 is 0 Å². The van der Waals surface area contributed by atoms with E-state index in [0.717, 1.165) is 5.82 Å². The highest BCUT2D eigenvalue weighted by Gasteiger charge is 2.26. The number of nitrogens with zero attached hydrogens (tertiary/aromatic N) is 2. The largest absolute Gasteiger partial charge is 0.394 e. The third-order valence-electron chi connectivity index (χ3n) is 2.06. The summed E-state index contributed by atoms with van der Waals surface area (Å²) in [5, 5.41) is 4.17. The van der Waals surface area contributed by atoms with Crippen LogP contribution in [0, 0.1) is 5.92 Å². The zero-order chi connectivity index (χ0) is 8.72. The number of hydrogen-bond donors (Lipinski definition) is 3. The van der Waals surface area contributed by atoms with Gasteiger partial charge in [-0.2, -0.15) is 5.10 Å². The molecule has 1 aromatic heterocycles. The molecule has 0 amide bonds. The summed E-state index contributed by atoms with van der Waals surface area (Å²) >= 11 is 0. The Morgan fingerprint density at radius 3 is 3.08 bits per heavy atom. The second-order valence-corrected chi connectivity index (χ2v) is 3.35. The SMILES string of the molecule is CC(C)C1NNc2c(N)cnn21. The van der Waals surface area contributed by atoms with Crippen molar-refractivity contribution in [3.8, 4) is 0 Å². The van der Waals surface area contributed by atoms with Crippen LogP contribution in [0.2, 0.25) is 0 Å². The normalized spacial score (nSPS) is 21.1. The minimum absolute atomic E-state index is 0.206. The molecule has 0 aliphatic carbocycles. The zero-order valence-corrected chi connectivity index (χ0v) is 7.20. The highest BCUT2D eigenvalue weighted by atomic mass is 15.6. The molecule has 1 aromatic rings. The molecule has 1 unspecified atom stereocenters. The van der Waals surface area contributed by atoms with Gasteiger partial charge in [0.25, 0.3) is 0 Å². The molecule has 12 heavy (non-hydrogen) atoms. The number of nitrogens with two attached hydrogens (primary N) is 1. The third-order valence-corrected chi connectivity index (χ3v) is 2.06. The summed E-state index contributed by atoms with van der Waals surface area (Å²) in [6, 6.07) is 0. The second kappa shape index (κ2) is 2.38. The van der Waals surface area contributed by atoms with Crippen LogP contribution in [0.3, 0.4) is 0 Å². The van der Waals surface area contributed by atoms with Gasteiger partial charge in [0.2, 0.25) is 0 Å². The fraction of sp³-hybridized carbons (Fsp3) is 0.571. The van der Waals surface area contributed by atoms with Crippen LogP contribution in [0.5, 0.6) is 0 Å². The van der Waals surface area contributed by atoms with E-state index in [2.05, 4.69) is 29.8 Å². The lowest BCUT2D eigenvalue weighted by molar-refractivity contribution is 0.335. The van der Waals surface area contributed by atoms with E-state index < -0.39 is 0 Å². The average molecular weight is 167 g/mol. The van der Waals surface area contributed by atoms with E-state index in [-0.39, 0.29) is 6.17 Å². The molecule has 0 saturated heterocycles. The molecule has 0 saturated carbocycles. The quantitative estimate of drug-likeness (QED) is 0.571. The number of hydrazine groups is 1. The van der Waals surface area contributed by atoms with Crippen molar-refractivity contribution in [2.45, 2.75) is 20.0 Å². The van der Waals surface area contributed by atoms with Crippen LogP contribution in [0.25, 0.3) is 0 Å². The van der Waals surface area contributed by atoms with E-state index in [1.54, 1.807) is 6.20 Å². The fourth-order valence-electron chi connectivity index (χ4n) is 1.37. The van der Waals surface area contributed by atoms with E-state index in [9.17, 15) is 0 Å². The van der Waals surface area contributed by atoms with Crippen LogP contribution in [0.4, 0.5) is 11.5 Å². The summed E-state index contributed by atoms with van der Waals surface area (Å²) in [7, 11) is 0. The molecule has 0 spiro atoms. The van der Waals surface area contributed by atoms with Gasteiger partial charge in [0.05, 0.1) is 11.9 Å². The van der Waals surface area contributed by atoms with E-state index in [0.29, 0.717) is 11.6 Å². The standard InChI is InChI=1S/C7H13N5/c1-4(2)6-10-11-7-5(8)3-9-12(6)7/h3-4,6,10-11H,8H2,1-2H3. The first kappa shape index (κ1) is 7.42. The van der Waals surface area contributed by atoms with Crippen molar-refractivity contribution in [3.63, 3.8) is 0 Å². The van der Waals surface area contributed by atoms with Crippen LogP contribution in [0.1, 0.15) is 20.0 Å². The van der Waals surface area contributed by atoms with Gasteiger partial charge in [-0.05, 0) is 5.92 Å². The Morgan fingerprint density at radius 1 is 1.67 bits per heavy atom. The highest BCUT2D eigenvalue weighted by molar-refractivity contribution is 5.61. The van der Waals surface area contributed by atoms with Crippen molar-refractivity contribution >= 4 is 11.5 Å². The minimum Gasteiger partial charge on any atom is -0.394 e. The second-order valence-electron chi connectivity index (χ2n) is 3.35. The number of aromatic nitrogens is 2. The Bertz CT molecular complexity index is 290. The third kappa shape index (κ3) is 0.863. The fourth-order valence-corrected chi connectivity index (χ4v) is 1.37. The highest BCUT2D eigenvalue weighted by Crippen LogP contribution is 2.28. The first-order valence-electron chi connectivity index (χ1n) is 4.04. The number of anilines is 2. The maximum atomic E-state index is 5.67. The molecular formula is C7H13N5. The molecule has 66 valence electrons. The van der Waals surface area contributed by atoms with Crippen LogP contribution in [-0.4, -0.2) is 9.78 Å². The molecule has 0 bridgehead atoms. The molecule has 1 aliphatic heterocycles. The molecule has 5 heteroatoms. The Morgan fingerprint density at radius 2 is 2.42 bits per heavy atom. The molecular weight excluding hydrogens is 154 g/mol. The van der Waals surface area contributed by atoms with Crippen molar-refractivity contribution in [3.05, 3.63) is 6.20 Å². The summed E-state index contributed by atoms with van der Waals surface area (Å²) in [6.45, 7) is 4.26. The molecule has 2 rings (SSSR count). The van der Waals surface area contributed by atoms with E-state index >= 15 is 0 Å². The topological polar surface area (TPSA) is 67.9 Å². The average Bonchev–Trinajstić information content (AvgIpc) is 2.53. The van der Waals surface area contributed by atoms with E-state index in [1.165, 1.54) is 0 Å². The minimum atomic E-state index is 0.206. The van der Waals surface area contributed by atoms with Gasteiger partial charge in [0.1, 0.15) is 6.17 Å². The van der Waals surface area contributed by atoms with Crippen LogP contribution in [0.15, 0.2) is 6.20 Å². The van der Waals surface area contributed by atoms with Crippen molar-refractivity contribution < 1.29 is 0 Å². The van der Waals surface area contributed by atoms with Gasteiger partial charge in [-0.25, -0.2) is 10.1 Å². The summed E-state index contributed by atoms with van der Waals surface area (Å²) in [4.78, 5) is 0. The van der Waals surface area contributed by atoms with Crippen molar-refractivity contribution in [1.82, 2.24) is 15.2 Å². The van der Waals surface area contributed by atoms with Gasteiger partial charge in [-0.1, -0.05) is 13.8 Å². The van der Waals surface area contributed by atoms with Crippen molar-refractivity contribution in [2.24, 2.45) is 5.92 Å². The zero-order valence-electron chi connectivity index (χ0n) is 7.20. The Kier molecular flexibility index (Phi) is 1.47. The maximum Gasteiger partial charge on any atom is 0.163 e. The molecule has 2 heterocycles. The van der Waals surface area contributed by atoms with Crippen LogP contribution >= 0.6 is 0 Å². The number of hydrogen-bond acceptors (Lipinski definition) is 4. The van der Waals surface area contributed by atoms with E-state index in [4.69, 9.17) is 5.73 Å².